The molecule has 0 aliphatic heterocycles. The predicted octanol–water partition coefficient (Wildman–Crippen LogP) is 5.64. The number of hydrogen-bond donors (Lipinski definition) is 1. The van der Waals surface area contributed by atoms with Gasteiger partial charge in [-0.05, 0) is 34.0 Å². The summed E-state index contributed by atoms with van der Waals surface area (Å²) in [6.45, 7) is 0.595. The van der Waals surface area contributed by atoms with Crippen LogP contribution in [0.5, 0.6) is 5.75 Å². The third kappa shape index (κ3) is 5.02. The molecule has 0 radical (unpaired) electrons. The molecule has 0 unspecified atom stereocenters. The van der Waals surface area contributed by atoms with Crippen molar-refractivity contribution in [3.63, 3.8) is 0 Å². The Balaban J connectivity index is 1.36. The Kier molecular flexibility index (Phi) is 5.87. The number of carbonyl (C=O) groups excluding carboxylic acids is 1. The third-order valence-electron chi connectivity index (χ3n) is 4.85. The monoisotopic (exact) mass is 381 g/mol. The minimum atomic E-state index is -0.0391. The summed E-state index contributed by atoms with van der Waals surface area (Å²) < 4.78 is 5.86. The molecule has 3 heteroatoms. The van der Waals surface area contributed by atoms with Gasteiger partial charge in [0.05, 0.1) is 13.0 Å². The van der Waals surface area contributed by atoms with Crippen molar-refractivity contribution < 1.29 is 9.53 Å². The van der Waals surface area contributed by atoms with E-state index in [0.717, 1.165) is 34.2 Å². The van der Waals surface area contributed by atoms with Crippen LogP contribution in [0.2, 0.25) is 0 Å². The Morgan fingerprint density at radius 2 is 1.55 bits per heavy atom. The van der Waals surface area contributed by atoms with E-state index < -0.39 is 0 Å². The van der Waals surface area contributed by atoms with Crippen molar-refractivity contribution in [2.24, 2.45) is 0 Å². The average molecular weight is 381 g/mol. The van der Waals surface area contributed by atoms with E-state index in [0.29, 0.717) is 13.0 Å². The van der Waals surface area contributed by atoms with Crippen LogP contribution < -0.4 is 10.1 Å². The van der Waals surface area contributed by atoms with E-state index in [4.69, 9.17) is 4.74 Å². The van der Waals surface area contributed by atoms with Crippen molar-refractivity contribution >= 4 is 22.4 Å². The number of nitrogens with one attached hydrogen (secondary N) is 1. The molecule has 0 heterocycles. The summed E-state index contributed by atoms with van der Waals surface area (Å²) in [6, 6.07) is 32.0. The Morgan fingerprint density at radius 3 is 2.45 bits per heavy atom. The molecule has 0 fully saturated rings. The van der Waals surface area contributed by atoms with Crippen LogP contribution in [0.1, 0.15) is 11.1 Å². The van der Waals surface area contributed by atoms with Crippen molar-refractivity contribution in [1.29, 1.82) is 0 Å². The minimum Gasteiger partial charge on any atom is -0.493 e. The van der Waals surface area contributed by atoms with Crippen molar-refractivity contribution in [2.45, 2.75) is 12.8 Å². The van der Waals surface area contributed by atoms with Gasteiger partial charge < -0.3 is 10.1 Å². The third-order valence-corrected chi connectivity index (χ3v) is 4.85. The van der Waals surface area contributed by atoms with Gasteiger partial charge in [-0.3, -0.25) is 4.79 Å². The first kappa shape index (κ1) is 18.8. The summed E-state index contributed by atoms with van der Waals surface area (Å²) in [5, 5.41) is 5.24. The highest BCUT2D eigenvalue weighted by molar-refractivity contribution is 5.96. The largest absolute Gasteiger partial charge is 0.493 e. The normalized spacial score (nSPS) is 10.6. The Morgan fingerprint density at radius 1 is 0.793 bits per heavy atom. The number of amides is 1. The number of anilines is 1. The van der Waals surface area contributed by atoms with Gasteiger partial charge in [0, 0.05) is 18.2 Å². The SMILES string of the molecule is O=C(Cc1cccc2ccccc12)Nc1cccc(OCCc2ccccc2)c1. The fourth-order valence-electron chi connectivity index (χ4n) is 3.42. The molecular weight excluding hydrogens is 358 g/mol. The maximum atomic E-state index is 12.6. The minimum absolute atomic E-state index is 0.0391. The molecule has 0 bridgehead atoms. The van der Waals surface area contributed by atoms with Gasteiger partial charge in [-0.15, -0.1) is 0 Å². The molecule has 0 atom stereocenters. The molecule has 1 amide bonds. The Hall–Kier alpha value is -3.59. The summed E-state index contributed by atoms with van der Waals surface area (Å²) in [5.41, 5.74) is 3.01. The van der Waals surface area contributed by atoms with Crippen LogP contribution in [-0.2, 0) is 17.6 Å². The fraction of sp³-hybridized carbons (Fsp3) is 0.115. The van der Waals surface area contributed by atoms with Crippen molar-refractivity contribution in [3.05, 3.63) is 108 Å². The average Bonchev–Trinajstić information content (AvgIpc) is 2.75. The Labute approximate surface area is 171 Å². The lowest BCUT2D eigenvalue weighted by atomic mass is 10.0. The van der Waals surface area contributed by atoms with Crippen LogP contribution in [0.25, 0.3) is 10.8 Å². The van der Waals surface area contributed by atoms with Crippen molar-refractivity contribution in [3.8, 4) is 5.75 Å². The van der Waals surface area contributed by atoms with Gasteiger partial charge >= 0.3 is 0 Å². The smallest absolute Gasteiger partial charge is 0.228 e. The van der Waals surface area contributed by atoms with Crippen molar-refractivity contribution in [2.75, 3.05) is 11.9 Å². The lowest BCUT2D eigenvalue weighted by molar-refractivity contribution is -0.115. The number of rotatable bonds is 7. The van der Waals surface area contributed by atoms with E-state index in [9.17, 15) is 4.79 Å². The quantitative estimate of drug-likeness (QED) is 0.450. The summed E-state index contributed by atoms with van der Waals surface area (Å²) in [4.78, 5) is 12.6. The van der Waals surface area contributed by atoms with E-state index in [1.165, 1.54) is 5.56 Å². The number of benzene rings is 4. The molecule has 4 aromatic rings. The second kappa shape index (κ2) is 9.07. The number of ether oxygens (including phenoxy) is 1. The molecule has 3 nitrogen and oxygen atoms in total. The lowest BCUT2D eigenvalue weighted by Crippen LogP contribution is -2.14. The van der Waals surface area contributed by atoms with Crippen LogP contribution in [0, 0.1) is 0 Å². The lowest BCUT2D eigenvalue weighted by Gasteiger charge is -2.10. The number of fused-ring (bicyclic) bond motifs is 1. The van der Waals surface area contributed by atoms with Gasteiger partial charge in [-0.25, -0.2) is 0 Å². The summed E-state index contributed by atoms with van der Waals surface area (Å²) >= 11 is 0. The fourth-order valence-corrected chi connectivity index (χ4v) is 3.42. The molecule has 144 valence electrons. The van der Waals surface area contributed by atoms with E-state index in [-0.39, 0.29) is 5.91 Å². The molecule has 0 saturated heterocycles. The second-order valence-electron chi connectivity index (χ2n) is 6.98. The maximum Gasteiger partial charge on any atom is 0.228 e. The predicted molar refractivity (Wildman–Crippen MR) is 118 cm³/mol. The zero-order valence-corrected chi connectivity index (χ0v) is 16.2. The van der Waals surface area contributed by atoms with Gasteiger partial charge in [0.2, 0.25) is 5.91 Å². The molecule has 4 rings (SSSR count). The summed E-state index contributed by atoms with van der Waals surface area (Å²) in [6.07, 6.45) is 1.18. The highest BCUT2D eigenvalue weighted by atomic mass is 16.5. The highest BCUT2D eigenvalue weighted by Crippen LogP contribution is 2.21. The van der Waals surface area contributed by atoms with E-state index >= 15 is 0 Å². The van der Waals surface area contributed by atoms with E-state index in [1.807, 2.05) is 66.7 Å². The molecule has 1 N–H and O–H groups in total. The second-order valence-corrected chi connectivity index (χ2v) is 6.98. The van der Waals surface area contributed by atoms with E-state index in [1.54, 1.807) is 0 Å². The molecule has 0 aliphatic rings. The van der Waals surface area contributed by atoms with Gasteiger partial charge in [0.25, 0.3) is 0 Å². The first-order valence-electron chi connectivity index (χ1n) is 9.81. The van der Waals surface area contributed by atoms with Crippen LogP contribution in [0.15, 0.2) is 97.1 Å². The number of carbonyl (C=O) groups is 1. The number of hydrogen-bond acceptors (Lipinski definition) is 2. The molecule has 0 aliphatic carbocycles. The van der Waals surface area contributed by atoms with Gasteiger partial charge in [-0.1, -0.05) is 78.9 Å². The van der Waals surface area contributed by atoms with Crippen LogP contribution in [0.4, 0.5) is 5.69 Å². The maximum absolute atomic E-state index is 12.6. The first-order chi connectivity index (χ1) is 14.3. The van der Waals surface area contributed by atoms with Gasteiger partial charge in [0.1, 0.15) is 5.75 Å². The van der Waals surface area contributed by atoms with Crippen molar-refractivity contribution in [1.82, 2.24) is 0 Å². The molecule has 0 spiro atoms. The topological polar surface area (TPSA) is 38.3 Å². The van der Waals surface area contributed by atoms with Crippen LogP contribution >= 0.6 is 0 Å². The molecule has 4 aromatic carbocycles. The zero-order valence-electron chi connectivity index (χ0n) is 16.2. The van der Waals surface area contributed by atoms with Crippen LogP contribution in [-0.4, -0.2) is 12.5 Å². The highest BCUT2D eigenvalue weighted by Gasteiger charge is 2.08. The Bertz CT molecular complexity index is 1100. The van der Waals surface area contributed by atoms with Gasteiger partial charge in [-0.2, -0.15) is 0 Å². The molecule has 29 heavy (non-hydrogen) atoms. The molecule has 0 aromatic heterocycles. The standard InChI is InChI=1S/C26H23NO2/c28-26(18-22-12-6-11-21-10-4-5-15-25(21)22)27-23-13-7-14-24(19-23)29-17-16-20-8-2-1-3-9-20/h1-15,19H,16-18H2,(H,27,28). The molecular formula is C26H23NO2. The first-order valence-corrected chi connectivity index (χ1v) is 9.81. The van der Waals surface area contributed by atoms with Gasteiger partial charge in [0.15, 0.2) is 0 Å². The zero-order chi connectivity index (χ0) is 19.9. The van der Waals surface area contributed by atoms with Crippen LogP contribution in [0.3, 0.4) is 0 Å². The summed E-state index contributed by atoms with van der Waals surface area (Å²) in [5.74, 6) is 0.715. The molecule has 0 saturated carbocycles. The summed E-state index contributed by atoms with van der Waals surface area (Å²) in [7, 11) is 0. The van der Waals surface area contributed by atoms with E-state index in [2.05, 4.69) is 35.6 Å².